The van der Waals surface area contributed by atoms with Gasteiger partial charge in [-0.3, -0.25) is 4.79 Å². The molecule has 2 aliphatic carbocycles. The zero-order valence-corrected chi connectivity index (χ0v) is 15.2. The van der Waals surface area contributed by atoms with Gasteiger partial charge in [-0.15, -0.1) is 11.3 Å². The molecule has 0 saturated carbocycles. The van der Waals surface area contributed by atoms with Crippen molar-refractivity contribution >= 4 is 17.2 Å². The molecule has 0 N–H and O–H groups in total. The van der Waals surface area contributed by atoms with Crippen LogP contribution in [0.2, 0.25) is 0 Å². The highest BCUT2D eigenvalue weighted by molar-refractivity contribution is 7.14. The Kier molecular flexibility index (Phi) is 4.45. The average molecular weight is 340 g/mol. The maximum absolute atomic E-state index is 13.2. The van der Waals surface area contributed by atoms with Gasteiger partial charge in [0, 0.05) is 17.5 Å². The minimum Gasteiger partial charge on any atom is -0.335 e. The van der Waals surface area contributed by atoms with Gasteiger partial charge in [-0.05, 0) is 67.7 Å². The van der Waals surface area contributed by atoms with Gasteiger partial charge in [-0.2, -0.15) is 0 Å². The van der Waals surface area contributed by atoms with E-state index in [1.54, 1.807) is 11.3 Å². The normalized spacial score (nSPS) is 19.0. The Morgan fingerprint density at radius 3 is 2.79 bits per heavy atom. The standard InChI is InChI=1S/C21H25NOS/c1-2-12-22(18-11-10-15-6-3-4-7-16(15)13-18)21(23)20-14-17-8-5-9-19(17)24-20/h3-4,6-7,14,18H,2,5,8-13H2,1H3. The first-order valence-electron chi connectivity index (χ1n) is 9.25. The van der Waals surface area contributed by atoms with Crippen LogP contribution in [-0.2, 0) is 25.7 Å². The van der Waals surface area contributed by atoms with E-state index in [-0.39, 0.29) is 5.91 Å². The summed E-state index contributed by atoms with van der Waals surface area (Å²) in [7, 11) is 0. The van der Waals surface area contributed by atoms with Crippen molar-refractivity contribution in [2.45, 2.75) is 57.9 Å². The smallest absolute Gasteiger partial charge is 0.264 e. The number of rotatable bonds is 4. The van der Waals surface area contributed by atoms with Gasteiger partial charge >= 0.3 is 0 Å². The topological polar surface area (TPSA) is 20.3 Å². The van der Waals surface area contributed by atoms with Gasteiger partial charge in [-0.1, -0.05) is 31.2 Å². The average Bonchev–Trinajstić information content (AvgIpc) is 3.20. The van der Waals surface area contributed by atoms with Crippen LogP contribution in [0.25, 0.3) is 0 Å². The number of benzene rings is 1. The van der Waals surface area contributed by atoms with Crippen LogP contribution in [0.15, 0.2) is 30.3 Å². The zero-order valence-electron chi connectivity index (χ0n) is 14.4. The summed E-state index contributed by atoms with van der Waals surface area (Å²) >= 11 is 1.74. The van der Waals surface area contributed by atoms with Crippen LogP contribution >= 0.6 is 11.3 Å². The number of nitrogens with zero attached hydrogens (tertiary/aromatic N) is 1. The lowest BCUT2D eigenvalue weighted by Crippen LogP contribution is -2.43. The molecule has 1 aromatic carbocycles. The van der Waals surface area contributed by atoms with Crippen molar-refractivity contribution in [1.82, 2.24) is 4.90 Å². The summed E-state index contributed by atoms with van der Waals surface area (Å²) in [5.74, 6) is 0.264. The molecule has 1 atom stereocenters. The Morgan fingerprint density at radius 2 is 2.00 bits per heavy atom. The Bertz CT molecular complexity index is 727. The number of carbonyl (C=O) groups excluding carboxylic acids is 1. The van der Waals surface area contributed by atoms with Crippen LogP contribution in [-0.4, -0.2) is 23.4 Å². The van der Waals surface area contributed by atoms with Crippen molar-refractivity contribution in [1.29, 1.82) is 0 Å². The van der Waals surface area contributed by atoms with E-state index in [1.165, 1.54) is 28.0 Å². The lowest BCUT2D eigenvalue weighted by Gasteiger charge is -2.35. The van der Waals surface area contributed by atoms with Gasteiger partial charge in [-0.25, -0.2) is 0 Å². The monoisotopic (exact) mass is 339 g/mol. The van der Waals surface area contributed by atoms with Gasteiger partial charge in [0.25, 0.3) is 5.91 Å². The van der Waals surface area contributed by atoms with Crippen LogP contribution in [0.3, 0.4) is 0 Å². The first kappa shape index (κ1) is 15.9. The maximum atomic E-state index is 13.2. The number of hydrogen-bond donors (Lipinski definition) is 0. The molecule has 2 nitrogen and oxygen atoms in total. The van der Waals surface area contributed by atoms with Crippen molar-refractivity contribution in [2.75, 3.05) is 6.54 Å². The Balaban J connectivity index is 1.56. The predicted octanol–water partition coefficient (Wildman–Crippen LogP) is 4.65. The minimum atomic E-state index is 0.264. The molecule has 0 radical (unpaired) electrons. The highest BCUT2D eigenvalue weighted by atomic mass is 32.1. The lowest BCUT2D eigenvalue weighted by molar-refractivity contribution is 0.0666. The predicted molar refractivity (Wildman–Crippen MR) is 99.9 cm³/mol. The zero-order chi connectivity index (χ0) is 16.5. The first-order chi connectivity index (χ1) is 11.8. The molecule has 2 aliphatic rings. The number of amides is 1. The van der Waals surface area contributed by atoms with Crippen LogP contribution in [0.5, 0.6) is 0 Å². The number of aryl methyl sites for hydroxylation is 3. The van der Waals surface area contributed by atoms with E-state index in [2.05, 4.69) is 42.2 Å². The summed E-state index contributed by atoms with van der Waals surface area (Å²) < 4.78 is 0. The molecule has 0 spiro atoms. The van der Waals surface area contributed by atoms with E-state index in [1.807, 2.05) is 0 Å². The molecule has 0 aliphatic heterocycles. The Hall–Kier alpha value is -1.61. The molecule has 0 fully saturated rings. The van der Waals surface area contributed by atoms with Gasteiger partial charge < -0.3 is 4.90 Å². The molecular weight excluding hydrogens is 314 g/mol. The van der Waals surface area contributed by atoms with Crippen molar-refractivity contribution in [2.24, 2.45) is 0 Å². The van der Waals surface area contributed by atoms with Gasteiger partial charge in [0.05, 0.1) is 4.88 Å². The third-order valence-electron chi connectivity index (χ3n) is 5.44. The lowest BCUT2D eigenvalue weighted by atomic mass is 9.87. The van der Waals surface area contributed by atoms with Crippen LogP contribution in [0, 0.1) is 0 Å². The van der Waals surface area contributed by atoms with Gasteiger partial charge in [0.1, 0.15) is 0 Å². The summed E-state index contributed by atoms with van der Waals surface area (Å²) in [6.07, 6.45) is 7.79. The van der Waals surface area contributed by atoms with Crippen molar-refractivity contribution in [3.63, 3.8) is 0 Å². The van der Waals surface area contributed by atoms with E-state index >= 15 is 0 Å². The van der Waals surface area contributed by atoms with E-state index in [0.29, 0.717) is 6.04 Å². The van der Waals surface area contributed by atoms with E-state index in [0.717, 1.165) is 49.9 Å². The Morgan fingerprint density at radius 1 is 1.17 bits per heavy atom. The van der Waals surface area contributed by atoms with E-state index in [9.17, 15) is 4.79 Å². The second-order valence-corrected chi connectivity index (χ2v) is 8.21. The molecule has 1 heterocycles. The third-order valence-corrected chi connectivity index (χ3v) is 6.67. The summed E-state index contributed by atoms with van der Waals surface area (Å²) in [5.41, 5.74) is 4.32. The number of fused-ring (bicyclic) bond motifs is 2. The number of hydrogen-bond acceptors (Lipinski definition) is 2. The minimum absolute atomic E-state index is 0.264. The maximum Gasteiger partial charge on any atom is 0.264 e. The van der Waals surface area contributed by atoms with E-state index in [4.69, 9.17) is 0 Å². The number of thiophene rings is 1. The first-order valence-corrected chi connectivity index (χ1v) is 10.1. The molecule has 0 saturated heterocycles. The van der Waals surface area contributed by atoms with E-state index < -0.39 is 0 Å². The molecule has 126 valence electrons. The molecule has 1 unspecified atom stereocenters. The van der Waals surface area contributed by atoms with Crippen molar-refractivity contribution < 1.29 is 4.79 Å². The molecule has 24 heavy (non-hydrogen) atoms. The highest BCUT2D eigenvalue weighted by Gasteiger charge is 2.29. The second kappa shape index (κ2) is 6.72. The second-order valence-electron chi connectivity index (χ2n) is 7.08. The third kappa shape index (κ3) is 2.90. The van der Waals surface area contributed by atoms with Gasteiger partial charge in [0.15, 0.2) is 0 Å². The molecule has 0 bridgehead atoms. The van der Waals surface area contributed by atoms with Gasteiger partial charge in [0.2, 0.25) is 0 Å². The largest absolute Gasteiger partial charge is 0.335 e. The summed E-state index contributed by atoms with van der Waals surface area (Å²) in [6, 6.07) is 11.2. The molecule has 4 rings (SSSR count). The SMILES string of the molecule is CCCN(C(=O)c1cc2c(s1)CCC2)C1CCc2ccccc2C1. The summed E-state index contributed by atoms with van der Waals surface area (Å²) in [5, 5.41) is 0. The summed E-state index contributed by atoms with van der Waals surface area (Å²) in [4.78, 5) is 17.8. The molecule has 1 aromatic heterocycles. The van der Waals surface area contributed by atoms with Crippen molar-refractivity contribution in [3.8, 4) is 0 Å². The molecule has 3 heteroatoms. The quantitative estimate of drug-likeness (QED) is 0.794. The molecule has 2 aromatic rings. The Labute approximate surface area is 148 Å². The molecule has 1 amide bonds. The van der Waals surface area contributed by atoms with Crippen LogP contribution < -0.4 is 0 Å². The highest BCUT2D eigenvalue weighted by Crippen LogP contribution is 2.33. The fourth-order valence-electron chi connectivity index (χ4n) is 4.21. The van der Waals surface area contributed by atoms with Crippen LogP contribution in [0.1, 0.15) is 57.4 Å². The fraction of sp³-hybridized carbons (Fsp3) is 0.476. The molecular formula is C21H25NOS. The van der Waals surface area contributed by atoms with Crippen molar-refractivity contribution in [3.05, 3.63) is 56.8 Å². The fourth-order valence-corrected chi connectivity index (χ4v) is 5.42. The van der Waals surface area contributed by atoms with Crippen LogP contribution in [0.4, 0.5) is 0 Å². The summed E-state index contributed by atoms with van der Waals surface area (Å²) in [6.45, 7) is 3.04. The number of carbonyl (C=O) groups is 1.